The van der Waals surface area contributed by atoms with Crippen LogP contribution in [0.15, 0.2) is 33.9 Å². The molecule has 1 aliphatic rings. The summed E-state index contributed by atoms with van der Waals surface area (Å²) >= 11 is 4.98. The minimum absolute atomic E-state index is 0.514. The average Bonchev–Trinajstić information content (AvgIpc) is 3.20. The van der Waals surface area contributed by atoms with E-state index in [-0.39, 0.29) is 0 Å². The van der Waals surface area contributed by atoms with E-state index in [0.29, 0.717) is 12.5 Å². The molecule has 0 spiro atoms. The Labute approximate surface area is 130 Å². The van der Waals surface area contributed by atoms with Crippen LogP contribution in [0.4, 0.5) is 0 Å². The molecule has 0 amide bonds. The van der Waals surface area contributed by atoms with Crippen molar-refractivity contribution in [2.45, 2.75) is 23.9 Å². The second-order valence-corrected chi connectivity index (χ2v) is 6.62. The fourth-order valence-corrected chi connectivity index (χ4v) is 2.91. The molecule has 0 bridgehead atoms. The maximum absolute atomic E-state index is 5.98. The van der Waals surface area contributed by atoms with Crippen LogP contribution in [0, 0.1) is 0 Å². The number of thioether (sulfide) groups is 1. The highest BCUT2D eigenvalue weighted by atomic mass is 79.9. The zero-order chi connectivity index (χ0) is 13.9. The number of rotatable bonds is 6. The third-order valence-corrected chi connectivity index (χ3v) is 4.41. The zero-order valence-electron chi connectivity index (χ0n) is 10.8. The lowest BCUT2D eigenvalue weighted by atomic mass is 10.3. The summed E-state index contributed by atoms with van der Waals surface area (Å²) in [4.78, 5) is 0. The van der Waals surface area contributed by atoms with E-state index >= 15 is 0 Å². The smallest absolute Gasteiger partial charge is 0.209 e. The van der Waals surface area contributed by atoms with Crippen LogP contribution in [0.2, 0.25) is 0 Å². The van der Waals surface area contributed by atoms with E-state index in [9.17, 15) is 0 Å². The highest BCUT2D eigenvalue weighted by molar-refractivity contribution is 9.10. The molecule has 1 heterocycles. The molecule has 0 aliphatic heterocycles. The van der Waals surface area contributed by atoms with Gasteiger partial charge in [0.2, 0.25) is 5.16 Å². The van der Waals surface area contributed by atoms with Crippen LogP contribution >= 0.6 is 27.7 Å². The molecule has 0 saturated heterocycles. The van der Waals surface area contributed by atoms with Crippen LogP contribution in [0.1, 0.15) is 24.6 Å². The van der Waals surface area contributed by atoms with Gasteiger partial charge in [-0.25, -0.2) is 4.68 Å². The van der Waals surface area contributed by atoms with Crippen LogP contribution in [-0.4, -0.2) is 27.2 Å². The van der Waals surface area contributed by atoms with Gasteiger partial charge in [-0.3, -0.25) is 0 Å². The van der Waals surface area contributed by atoms with E-state index < -0.39 is 0 Å². The van der Waals surface area contributed by atoms with Crippen molar-refractivity contribution >= 4 is 27.7 Å². The number of halogens is 1. The van der Waals surface area contributed by atoms with Gasteiger partial charge in [0.05, 0.1) is 6.61 Å². The second-order valence-electron chi connectivity index (χ2n) is 4.64. The maximum atomic E-state index is 5.98. The van der Waals surface area contributed by atoms with Crippen molar-refractivity contribution in [1.82, 2.24) is 14.9 Å². The molecule has 1 aliphatic carbocycles. The molecule has 0 unspecified atom stereocenters. The van der Waals surface area contributed by atoms with Gasteiger partial charge >= 0.3 is 0 Å². The molecular weight excluding hydrogens is 340 g/mol. The largest absolute Gasteiger partial charge is 0.493 e. The summed E-state index contributed by atoms with van der Waals surface area (Å²) in [6.07, 6.45) is 2.35. The van der Waals surface area contributed by atoms with Crippen LogP contribution in [0.25, 0.3) is 0 Å². The maximum Gasteiger partial charge on any atom is 0.209 e. The Kier molecular flexibility index (Phi) is 4.16. The number of benzene rings is 1. The van der Waals surface area contributed by atoms with Crippen LogP contribution in [-0.2, 0) is 0 Å². The summed E-state index contributed by atoms with van der Waals surface area (Å²) < 4.78 is 8.29. The summed E-state index contributed by atoms with van der Waals surface area (Å²) in [6.45, 7) is 0.604. The lowest BCUT2D eigenvalue weighted by Crippen LogP contribution is -2.14. The second kappa shape index (κ2) is 6.05. The Balaban J connectivity index is 1.48. The Morgan fingerprint density at radius 3 is 3.00 bits per heavy atom. The van der Waals surface area contributed by atoms with E-state index in [0.717, 1.165) is 27.0 Å². The third kappa shape index (κ3) is 3.27. The van der Waals surface area contributed by atoms with E-state index in [2.05, 4.69) is 26.1 Å². The van der Waals surface area contributed by atoms with E-state index in [1.165, 1.54) is 12.8 Å². The van der Waals surface area contributed by atoms with Gasteiger partial charge in [0, 0.05) is 16.1 Å². The first kappa shape index (κ1) is 13.8. The van der Waals surface area contributed by atoms with Crippen molar-refractivity contribution in [1.29, 1.82) is 0 Å². The SMILES string of the molecule is Nn1c(SCCOc2cccc(Br)c2)nnc1C1CC1. The summed E-state index contributed by atoms with van der Waals surface area (Å²) in [5, 5.41) is 9.02. The summed E-state index contributed by atoms with van der Waals surface area (Å²) in [6, 6.07) is 7.80. The van der Waals surface area contributed by atoms with Crippen molar-refractivity contribution in [2.75, 3.05) is 18.2 Å². The monoisotopic (exact) mass is 354 g/mol. The fraction of sp³-hybridized carbons (Fsp3) is 0.385. The molecule has 1 saturated carbocycles. The van der Waals surface area contributed by atoms with E-state index in [1.807, 2.05) is 24.3 Å². The topological polar surface area (TPSA) is 66.0 Å². The molecule has 1 fully saturated rings. The molecule has 20 heavy (non-hydrogen) atoms. The Morgan fingerprint density at radius 1 is 1.40 bits per heavy atom. The molecule has 2 aromatic rings. The average molecular weight is 355 g/mol. The summed E-state index contributed by atoms with van der Waals surface area (Å²) in [7, 11) is 0. The number of hydrogen-bond donors (Lipinski definition) is 1. The molecule has 1 aromatic heterocycles. The first-order valence-electron chi connectivity index (χ1n) is 6.45. The molecule has 5 nitrogen and oxygen atoms in total. The predicted octanol–water partition coefficient (Wildman–Crippen LogP) is 2.80. The number of ether oxygens (including phenoxy) is 1. The van der Waals surface area contributed by atoms with Crippen molar-refractivity contribution < 1.29 is 4.74 Å². The number of nitrogens with zero attached hydrogens (tertiary/aromatic N) is 3. The van der Waals surface area contributed by atoms with Gasteiger partial charge in [0.1, 0.15) is 5.75 Å². The fourth-order valence-electron chi connectivity index (χ4n) is 1.86. The van der Waals surface area contributed by atoms with Crippen molar-refractivity contribution in [3.05, 3.63) is 34.6 Å². The van der Waals surface area contributed by atoms with Crippen molar-refractivity contribution in [2.24, 2.45) is 0 Å². The molecule has 1 aromatic carbocycles. The highest BCUT2D eigenvalue weighted by Gasteiger charge is 2.29. The van der Waals surface area contributed by atoms with Gasteiger partial charge in [-0.15, -0.1) is 10.2 Å². The standard InChI is InChI=1S/C13H15BrN4OS/c14-10-2-1-3-11(8-10)19-6-7-20-13-17-16-12(18(13)15)9-4-5-9/h1-3,8-9H,4-7,15H2. The van der Waals surface area contributed by atoms with Crippen molar-refractivity contribution in [3.63, 3.8) is 0 Å². The predicted molar refractivity (Wildman–Crippen MR) is 82.5 cm³/mol. The molecule has 2 N–H and O–H groups in total. The van der Waals surface area contributed by atoms with E-state index in [4.69, 9.17) is 10.6 Å². The number of aromatic nitrogens is 3. The Hall–Kier alpha value is -1.21. The molecule has 7 heteroatoms. The normalized spacial score (nSPS) is 14.4. The highest BCUT2D eigenvalue weighted by Crippen LogP contribution is 2.39. The first-order chi connectivity index (χ1) is 9.74. The van der Waals surface area contributed by atoms with Gasteiger partial charge in [-0.05, 0) is 31.0 Å². The third-order valence-electron chi connectivity index (χ3n) is 3.01. The quantitative estimate of drug-likeness (QED) is 0.490. The van der Waals surface area contributed by atoms with Gasteiger partial charge < -0.3 is 10.6 Å². The van der Waals surface area contributed by atoms with Crippen LogP contribution < -0.4 is 10.6 Å². The Bertz CT molecular complexity index is 600. The van der Waals surface area contributed by atoms with E-state index in [1.54, 1.807) is 16.4 Å². The summed E-state index contributed by atoms with van der Waals surface area (Å²) in [5.74, 6) is 9.04. The molecule has 3 rings (SSSR count). The van der Waals surface area contributed by atoms with Gasteiger partial charge in [-0.1, -0.05) is 33.8 Å². The summed E-state index contributed by atoms with van der Waals surface area (Å²) in [5.41, 5.74) is 0. The number of hydrogen-bond acceptors (Lipinski definition) is 5. The number of nitrogen functional groups attached to an aromatic ring is 1. The molecule has 106 valence electrons. The minimum atomic E-state index is 0.514. The zero-order valence-corrected chi connectivity index (χ0v) is 13.2. The van der Waals surface area contributed by atoms with Gasteiger partial charge in [-0.2, -0.15) is 0 Å². The Morgan fingerprint density at radius 2 is 2.25 bits per heavy atom. The minimum Gasteiger partial charge on any atom is -0.493 e. The van der Waals surface area contributed by atoms with Crippen molar-refractivity contribution in [3.8, 4) is 5.75 Å². The lowest BCUT2D eigenvalue weighted by Gasteiger charge is -2.06. The van der Waals surface area contributed by atoms with Crippen LogP contribution in [0.5, 0.6) is 5.75 Å². The molecule has 0 radical (unpaired) electrons. The van der Waals surface area contributed by atoms with Gasteiger partial charge in [0.25, 0.3) is 0 Å². The molecule has 0 atom stereocenters. The first-order valence-corrected chi connectivity index (χ1v) is 8.23. The van der Waals surface area contributed by atoms with Gasteiger partial charge in [0.15, 0.2) is 5.82 Å². The lowest BCUT2D eigenvalue weighted by molar-refractivity contribution is 0.343. The number of nitrogens with two attached hydrogens (primary N) is 1. The van der Waals surface area contributed by atoms with Crippen LogP contribution in [0.3, 0.4) is 0 Å². The molecular formula is C13H15BrN4OS.